The molecule has 9 heavy (non-hydrogen) atoms. The van der Waals surface area contributed by atoms with Crippen LogP contribution in [0.4, 0.5) is 0 Å². The zero-order valence-electron chi connectivity index (χ0n) is 5.17. The van der Waals surface area contributed by atoms with Gasteiger partial charge < -0.3 is 0 Å². The minimum Gasteiger partial charge on any atom is -0.264 e. The summed E-state index contributed by atoms with van der Waals surface area (Å²) in [4.78, 5) is 4.04. The second-order valence-electron chi connectivity index (χ2n) is 2.32. The van der Waals surface area contributed by atoms with Gasteiger partial charge in [-0.3, -0.25) is 4.98 Å². The second-order valence-corrected chi connectivity index (χ2v) is 2.32. The molecule has 0 unspecified atom stereocenters. The molecule has 1 aromatic heterocycles. The van der Waals surface area contributed by atoms with Gasteiger partial charge in [-0.15, -0.1) is 0 Å². The Bertz CT molecular complexity index is 195. The quantitative estimate of drug-likeness (QED) is 0.504. The molecule has 45 valence electrons. The van der Waals surface area contributed by atoms with E-state index in [2.05, 4.69) is 17.5 Å². The number of hydrogen-bond acceptors (Lipinski definition) is 1. The summed E-state index contributed by atoms with van der Waals surface area (Å²) in [6.07, 6.45) is 8.45. The first-order chi connectivity index (χ1) is 4.47. The van der Waals surface area contributed by atoms with E-state index in [9.17, 15) is 0 Å². The average molecular weight is 118 g/mol. The van der Waals surface area contributed by atoms with Crippen LogP contribution in [0, 0.1) is 6.42 Å². The highest BCUT2D eigenvalue weighted by atomic mass is 14.6. The van der Waals surface area contributed by atoms with Crippen molar-refractivity contribution in [2.24, 2.45) is 0 Å². The zero-order chi connectivity index (χ0) is 6.10. The fourth-order valence-electron chi connectivity index (χ4n) is 1.23. The van der Waals surface area contributed by atoms with E-state index in [0.717, 1.165) is 0 Å². The van der Waals surface area contributed by atoms with Crippen molar-refractivity contribution in [2.45, 2.75) is 12.8 Å². The van der Waals surface area contributed by atoms with Gasteiger partial charge in [-0.2, -0.15) is 0 Å². The summed E-state index contributed by atoms with van der Waals surface area (Å²) in [5, 5.41) is 0. The first-order valence-corrected chi connectivity index (χ1v) is 3.23. The molecular formula is C8H8N. The van der Waals surface area contributed by atoms with Crippen molar-refractivity contribution in [1.29, 1.82) is 0 Å². The lowest BCUT2D eigenvalue weighted by molar-refractivity contribution is 1.03. The first-order valence-electron chi connectivity index (χ1n) is 3.23. The Labute approximate surface area is 54.7 Å². The number of hydrogen-bond donors (Lipinski definition) is 0. The van der Waals surface area contributed by atoms with Gasteiger partial charge in [0.25, 0.3) is 0 Å². The Balaban J connectivity index is 2.54. The lowest BCUT2D eigenvalue weighted by atomic mass is 10.2. The number of nitrogens with zero attached hydrogens (tertiary/aromatic N) is 1. The van der Waals surface area contributed by atoms with Gasteiger partial charge in [0, 0.05) is 12.4 Å². The molecular weight excluding hydrogens is 110 g/mol. The van der Waals surface area contributed by atoms with Crippen LogP contribution in [0.25, 0.3) is 0 Å². The Morgan fingerprint density at radius 1 is 1.44 bits per heavy atom. The molecule has 0 N–H and O–H groups in total. The van der Waals surface area contributed by atoms with E-state index in [4.69, 9.17) is 0 Å². The van der Waals surface area contributed by atoms with E-state index in [1.165, 1.54) is 24.0 Å². The molecule has 1 heterocycles. The van der Waals surface area contributed by atoms with Crippen molar-refractivity contribution >= 4 is 0 Å². The molecule has 1 aliphatic carbocycles. The number of aryl methyl sites for hydroxylation is 1. The van der Waals surface area contributed by atoms with Crippen LogP contribution >= 0.6 is 0 Å². The number of aromatic nitrogens is 1. The zero-order valence-corrected chi connectivity index (χ0v) is 5.17. The summed E-state index contributed by atoms with van der Waals surface area (Å²) in [6.45, 7) is 0. The molecule has 0 saturated carbocycles. The summed E-state index contributed by atoms with van der Waals surface area (Å²) in [5.41, 5.74) is 2.78. The third-order valence-corrected chi connectivity index (χ3v) is 1.72. The monoisotopic (exact) mass is 118 g/mol. The van der Waals surface area contributed by atoms with Crippen molar-refractivity contribution in [3.05, 3.63) is 36.0 Å². The molecule has 2 rings (SSSR count). The Morgan fingerprint density at radius 3 is 3.33 bits per heavy atom. The van der Waals surface area contributed by atoms with E-state index in [1.54, 1.807) is 0 Å². The molecule has 0 amide bonds. The van der Waals surface area contributed by atoms with Crippen LogP contribution in [0.15, 0.2) is 18.5 Å². The number of fused-ring (bicyclic) bond motifs is 1. The molecule has 1 heteroatoms. The largest absolute Gasteiger partial charge is 0.264 e. The van der Waals surface area contributed by atoms with Crippen molar-refractivity contribution < 1.29 is 0 Å². The van der Waals surface area contributed by atoms with Gasteiger partial charge in [-0.25, -0.2) is 0 Å². The van der Waals surface area contributed by atoms with Crippen LogP contribution in [0.3, 0.4) is 0 Å². The maximum atomic E-state index is 4.04. The fourth-order valence-corrected chi connectivity index (χ4v) is 1.23. The van der Waals surface area contributed by atoms with E-state index in [1.807, 2.05) is 12.4 Å². The standard InChI is InChI=1S/C8H8N/c1-2-7-4-5-9-6-8(7)3-1/h2,4-6H,1,3H2. The predicted octanol–water partition coefficient (Wildman–Crippen LogP) is 1.58. The summed E-state index contributed by atoms with van der Waals surface area (Å²) in [6, 6.07) is 2.07. The van der Waals surface area contributed by atoms with Gasteiger partial charge in [-0.1, -0.05) is 0 Å². The van der Waals surface area contributed by atoms with Crippen LogP contribution in [0.1, 0.15) is 17.5 Å². The van der Waals surface area contributed by atoms with Gasteiger partial charge in [-0.05, 0) is 36.5 Å². The SMILES string of the molecule is [CH]1CCc2cnccc21. The van der Waals surface area contributed by atoms with Gasteiger partial charge >= 0.3 is 0 Å². The van der Waals surface area contributed by atoms with Crippen LogP contribution in [-0.4, -0.2) is 4.98 Å². The summed E-state index contributed by atoms with van der Waals surface area (Å²) >= 11 is 0. The topological polar surface area (TPSA) is 12.9 Å². The lowest BCUT2D eigenvalue weighted by Gasteiger charge is -1.92. The molecule has 0 bridgehead atoms. The molecule has 1 aliphatic rings. The highest BCUT2D eigenvalue weighted by Crippen LogP contribution is 2.20. The third-order valence-electron chi connectivity index (χ3n) is 1.72. The molecule has 0 aliphatic heterocycles. The molecule has 0 aromatic carbocycles. The highest BCUT2D eigenvalue weighted by molar-refractivity contribution is 5.34. The molecule has 1 aromatic rings. The van der Waals surface area contributed by atoms with Crippen molar-refractivity contribution in [1.82, 2.24) is 4.98 Å². The van der Waals surface area contributed by atoms with Gasteiger partial charge in [0.15, 0.2) is 0 Å². The normalized spacial score (nSPS) is 15.6. The highest BCUT2D eigenvalue weighted by Gasteiger charge is 2.08. The molecule has 0 spiro atoms. The van der Waals surface area contributed by atoms with Crippen molar-refractivity contribution in [3.63, 3.8) is 0 Å². The van der Waals surface area contributed by atoms with Crippen molar-refractivity contribution in [2.75, 3.05) is 0 Å². The Kier molecular flexibility index (Phi) is 1.01. The summed E-state index contributed by atoms with van der Waals surface area (Å²) in [5.74, 6) is 0. The summed E-state index contributed by atoms with van der Waals surface area (Å²) < 4.78 is 0. The van der Waals surface area contributed by atoms with Gasteiger partial charge in [0.1, 0.15) is 0 Å². The molecule has 0 saturated heterocycles. The summed E-state index contributed by atoms with van der Waals surface area (Å²) in [7, 11) is 0. The maximum absolute atomic E-state index is 4.04. The van der Waals surface area contributed by atoms with E-state index < -0.39 is 0 Å². The number of pyridine rings is 1. The predicted molar refractivity (Wildman–Crippen MR) is 36.0 cm³/mol. The van der Waals surface area contributed by atoms with Gasteiger partial charge in [0.2, 0.25) is 0 Å². The van der Waals surface area contributed by atoms with Gasteiger partial charge in [0.05, 0.1) is 0 Å². The molecule has 1 nitrogen and oxygen atoms in total. The molecule has 0 fully saturated rings. The smallest absolute Gasteiger partial charge is 0.0302 e. The molecule has 0 atom stereocenters. The van der Waals surface area contributed by atoms with E-state index >= 15 is 0 Å². The Hall–Kier alpha value is -0.850. The van der Waals surface area contributed by atoms with Crippen LogP contribution in [-0.2, 0) is 6.42 Å². The number of rotatable bonds is 0. The Morgan fingerprint density at radius 2 is 2.44 bits per heavy atom. The van der Waals surface area contributed by atoms with E-state index in [-0.39, 0.29) is 0 Å². The van der Waals surface area contributed by atoms with Crippen LogP contribution in [0.5, 0.6) is 0 Å². The lowest BCUT2D eigenvalue weighted by Crippen LogP contribution is -1.80. The first kappa shape index (κ1) is 4.98. The van der Waals surface area contributed by atoms with Crippen LogP contribution < -0.4 is 0 Å². The van der Waals surface area contributed by atoms with Crippen molar-refractivity contribution in [3.8, 4) is 0 Å². The second kappa shape index (κ2) is 1.83. The third kappa shape index (κ3) is 0.727. The van der Waals surface area contributed by atoms with Crippen LogP contribution in [0.2, 0.25) is 0 Å². The maximum Gasteiger partial charge on any atom is 0.0302 e. The average Bonchev–Trinajstić information content (AvgIpc) is 2.33. The fraction of sp³-hybridized carbons (Fsp3) is 0.250. The molecule has 1 radical (unpaired) electrons. The van der Waals surface area contributed by atoms with E-state index in [0.29, 0.717) is 0 Å². The minimum absolute atomic E-state index is 1.18. The minimum atomic E-state index is 1.18.